The van der Waals surface area contributed by atoms with Crippen LogP contribution in [-0.4, -0.2) is 41.8 Å². The minimum absolute atomic E-state index is 0.183. The topological polar surface area (TPSA) is 115 Å². The Bertz CT molecular complexity index is 1020. The van der Waals surface area contributed by atoms with Crippen molar-refractivity contribution in [2.24, 2.45) is 0 Å². The largest absolute Gasteiger partial charge is 0.490 e. The molecule has 0 saturated carbocycles. The molecular weight excluding hydrogens is 388 g/mol. The van der Waals surface area contributed by atoms with Crippen LogP contribution in [0.4, 0.5) is 0 Å². The summed E-state index contributed by atoms with van der Waals surface area (Å²) in [6.45, 7) is 6.70. The van der Waals surface area contributed by atoms with Crippen molar-refractivity contribution in [2.45, 2.75) is 20.8 Å². The van der Waals surface area contributed by atoms with Gasteiger partial charge in [0.25, 0.3) is 11.8 Å². The van der Waals surface area contributed by atoms with E-state index in [1.807, 2.05) is 32.9 Å². The fourth-order valence-corrected chi connectivity index (χ4v) is 2.90. The second kappa shape index (κ2) is 9.64. The van der Waals surface area contributed by atoms with E-state index < -0.39 is 11.8 Å². The number of aromatic amines is 1. The molecule has 0 aliphatic carbocycles. The van der Waals surface area contributed by atoms with E-state index in [0.717, 1.165) is 5.52 Å². The van der Waals surface area contributed by atoms with Crippen molar-refractivity contribution in [1.82, 2.24) is 21.0 Å². The quantitative estimate of drug-likeness (QED) is 0.490. The van der Waals surface area contributed by atoms with Crippen LogP contribution in [-0.2, 0) is 0 Å². The molecule has 158 valence electrons. The zero-order valence-corrected chi connectivity index (χ0v) is 17.1. The lowest BCUT2D eigenvalue weighted by atomic mass is 10.1. The highest BCUT2D eigenvalue weighted by Crippen LogP contribution is 2.39. The highest BCUT2D eigenvalue weighted by Gasteiger charge is 2.20. The van der Waals surface area contributed by atoms with E-state index >= 15 is 0 Å². The molecular formula is C21H24N4O5. The molecule has 30 heavy (non-hydrogen) atoms. The van der Waals surface area contributed by atoms with Gasteiger partial charge in [0.05, 0.1) is 25.3 Å². The molecule has 1 heterocycles. The Kier molecular flexibility index (Phi) is 6.74. The number of H-pyrrole nitrogens is 1. The summed E-state index contributed by atoms with van der Waals surface area (Å²) in [7, 11) is 0. The first-order chi connectivity index (χ1) is 14.6. The number of aromatic nitrogens is 2. The number of carbonyl (C=O) groups is 2. The number of rotatable bonds is 8. The molecule has 9 heteroatoms. The lowest BCUT2D eigenvalue weighted by molar-refractivity contribution is 0.0844. The Morgan fingerprint density at radius 2 is 1.50 bits per heavy atom. The Labute approximate surface area is 173 Å². The number of hydrogen-bond acceptors (Lipinski definition) is 6. The summed E-state index contributed by atoms with van der Waals surface area (Å²) >= 11 is 0. The molecule has 0 saturated heterocycles. The van der Waals surface area contributed by atoms with Crippen LogP contribution in [0.25, 0.3) is 10.9 Å². The van der Waals surface area contributed by atoms with E-state index in [0.29, 0.717) is 42.5 Å². The van der Waals surface area contributed by atoms with Gasteiger partial charge in [0.1, 0.15) is 0 Å². The van der Waals surface area contributed by atoms with Gasteiger partial charge in [-0.05, 0) is 39.0 Å². The lowest BCUT2D eigenvalue weighted by Crippen LogP contribution is -2.41. The average molecular weight is 412 g/mol. The molecule has 0 unspecified atom stereocenters. The molecule has 3 rings (SSSR count). The van der Waals surface area contributed by atoms with E-state index in [1.54, 1.807) is 24.3 Å². The summed E-state index contributed by atoms with van der Waals surface area (Å²) in [5.74, 6) is 0.139. The number of fused-ring (bicyclic) bond motifs is 1. The maximum absolute atomic E-state index is 12.7. The van der Waals surface area contributed by atoms with Crippen molar-refractivity contribution in [1.29, 1.82) is 0 Å². The van der Waals surface area contributed by atoms with Crippen LogP contribution in [0.2, 0.25) is 0 Å². The number of benzene rings is 2. The van der Waals surface area contributed by atoms with Gasteiger partial charge >= 0.3 is 0 Å². The fraction of sp³-hybridized carbons (Fsp3) is 0.286. The number of hydrazine groups is 1. The molecule has 0 radical (unpaired) electrons. The van der Waals surface area contributed by atoms with Crippen LogP contribution in [0.3, 0.4) is 0 Å². The third-order valence-electron chi connectivity index (χ3n) is 4.15. The van der Waals surface area contributed by atoms with Gasteiger partial charge < -0.3 is 14.2 Å². The number of para-hydroxylation sites is 1. The van der Waals surface area contributed by atoms with Gasteiger partial charge in [0.2, 0.25) is 5.75 Å². The summed E-state index contributed by atoms with van der Waals surface area (Å²) in [6, 6.07) is 10.3. The smallest absolute Gasteiger partial charge is 0.290 e. The molecule has 9 nitrogen and oxygen atoms in total. The summed E-state index contributed by atoms with van der Waals surface area (Å²) in [6.07, 6.45) is 0. The first kappa shape index (κ1) is 21.0. The molecule has 2 aromatic carbocycles. The lowest BCUT2D eigenvalue weighted by Gasteiger charge is -2.17. The second-order valence-electron chi connectivity index (χ2n) is 6.13. The summed E-state index contributed by atoms with van der Waals surface area (Å²) in [5.41, 5.74) is 5.94. The number of ether oxygens (including phenoxy) is 3. The maximum atomic E-state index is 12.7. The zero-order chi connectivity index (χ0) is 21.5. The Morgan fingerprint density at radius 1 is 0.900 bits per heavy atom. The van der Waals surface area contributed by atoms with Gasteiger partial charge in [-0.15, -0.1) is 0 Å². The first-order valence-electron chi connectivity index (χ1n) is 9.69. The van der Waals surface area contributed by atoms with Crippen molar-refractivity contribution in [3.63, 3.8) is 0 Å². The number of hydrogen-bond donors (Lipinski definition) is 3. The molecule has 3 aromatic rings. The summed E-state index contributed by atoms with van der Waals surface area (Å²) in [4.78, 5) is 25.1. The van der Waals surface area contributed by atoms with Gasteiger partial charge in [0, 0.05) is 10.9 Å². The minimum atomic E-state index is -0.540. The highest BCUT2D eigenvalue weighted by molar-refractivity contribution is 6.06. The van der Waals surface area contributed by atoms with Crippen molar-refractivity contribution >= 4 is 22.7 Å². The van der Waals surface area contributed by atoms with Crippen molar-refractivity contribution in [2.75, 3.05) is 19.8 Å². The van der Waals surface area contributed by atoms with Gasteiger partial charge in [-0.3, -0.25) is 25.5 Å². The summed E-state index contributed by atoms with van der Waals surface area (Å²) in [5, 5.41) is 7.44. The van der Waals surface area contributed by atoms with Crippen molar-refractivity contribution in [3.8, 4) is 17.2 Å². The first-order valence-corrected chi connectivity index (χ1v) is 9.69. The van der Waals surface area contributed by atoms with Crippen LogP contribution in [0.15, 0.2) is 36.4 Å². The standard InChI is InChI=1S/C21H24N4O5/c1-4-28-16-11-13(12-17(29-5-2)19(16)30-6-3)20(26)24-25-21(27)18-14-9-7-8-10-15(14)22-23-18/h7-12H,4-6H2,1-3H3,(H,22,23)(H,24,26)(H,25,27). The molecule has 0 aliphatic heterocycles. The number of nitrogens with zero attached hydrogens (tertiary/aromatic N) is 1. The zero-order valence-electron chi connectivity index (χ0n) is 17.1. The van der Waals surface area contributed by atoms with Crippen LogP contribution in [0.5, 0.6) is 17.2 Å². The monoisotopic (exact) mass is 412 g/mol. The fourth-order valence-electron chi connectivity index (χ4n) is 2.90. The molecule has 0 fully saturated rings. The van der Waals surface area contributed by atoms with E-state index in [4.69, 9.17) is 14.2 Å². The molecule has 0 atom stereocenters. The Balaban J connectivity index is 1.79. The molecule has 0 bridgehead atoms. The Hall–Kier alpha value is -3.75. The molecule has 1 aromatic heterocycles. The molecule has 0 aliphatic rings. The number of nitrogens with one attached hydrogen (secondary N) is 3. The van der Waals surface area contributed by atoms with E-state index in [2.05, 4.69) is 21.0 Å². The Morgan fingerprint density at radius 3 is 2.13 bits per heavy atom. The minimum Gasteiger partial charge on any atom is -0.490 e. The van der Waals surface area contributed by atoms with Crippen molar-refractivity contribution < 1.29 is 23.8 Å². The van der Waals surface area contributed by atoms with E-state index in [-0.39, 0.29) is 11.3 Å². The third-order valence-corrected chi connectivity index (χ3v) is 4.15. The van der Waals surface area contributed by atoms with Gasteiger partial charge in [-0.2, -0.15) is 5.10 Å². The molecule has 2 amide bonds. The van der Waals surface area contributed by atoms with Crippen LogP contribution in [0.1, 0.15) is 41.6 Å². The van der Waals surface area contributed by atoms with Crippen LogP contribution >= 0.6 is 0 Å². The van der Waals surface area contributed by atoms with Crippen LogP contribution in [0, 0.1) is 0 Å². The normalized spacial score (nSPS) is 10.5. The highest BCUT2D eigenvalue weighted by atomic mass is 16.5. The predicted octanol–water partition coefficient (Wildman–Crippen LogP) is 2.83. The van der Waals surface area contributed by atoms with E-state index in [1.165, 1.54) is 0 Å². The summed E-state index contributed by atoms with van der Waals surface area (Å²) < 4.78 is 16.9. The molecule has 0 spiro atoms. The SMILES string of the molecule is CCOc1cc(C(=O)NNC(=O)c2n[nH]c3ccccc23)cc(OCC)c1OCC. The van der Waals surface area contributed by atoms with Crippen molar-refractivity contribution in [3.05, 3.63) is 47.7 Å². The second-order valence-corrected chi connectivity index (χ2v) is 6.13. The van der Waals surface area contributed by atoms with E-state index in [9.17, 15) is 9.59 Å². The number of amides is 2. The van der Waals surface area contributed by atoms with Gasteiger partial charge in [-0.25, -0.2) is 0 Å². The number of carbonyl (C=O) groups excluding carboxylic acids is 2. The maximum Gasteiger partial charge on any atom is 0.290 e. The van der Waals surface area contributed by atoms with Gasteiger partial charge in [-0.1, -0.05) is 18.2 Å². The third kappa shape index (κ3) is 4.45. The van der Waals surface area contributed by atoms with Crippen LogP contribution < -0.4 is 25.1 Å². The van der Waals surface area contributed by atoms with Gasteiger partial charge in [0.15, 0.2) is 17.2 Å². The predicted molar refractivity (Wildman–Crippen MR) is 111 cm³/mol. The average Bonchev–Trinajstić information content (AvgIpc) is 3.18. The molecule has 3 N–H and O–H groups in total.